The minimum Gasteiger partial charge on any atom is -0.376 e. The summed E-state index contributed by atoms with van der Waals surface area (Å²) in [5.41, 5.74) is 2.74. The average Bonchev–Trinajstić information content (AvgIpc) is 2.61. The Kier molecular flexibility index (Phi) is 8.17. The normalized spacial score (nSPS) is 21.6. The number of aryl methyl sites for hydroxylation is 1. The van der Waals surface area contributed by atoms with Crippen molar-refractivity contribution in [3.63, 3.8) is 0 Å². The standard InChI is InChI=1S/C22H32O/c1-3-5-6-17-23-18-22-15-13-21(14-16-22)12-11-20-9-7-19(4-2)8-10-20/h3-5,13-16,19-20H,2,6-12,17-18H2,1H3/b5-3+/t19-,20-. The van der Waals surface area contributed by atoms with Gasteiger partial charge in [-0.1, -0.05) is 42.5 Å². The van der Waals surface area contributed by atoms with Crippen molar-refractivity contribution in [3.8, 4) is 0 Å². The fraction of sp³-hybridized carbons (Fsp3) is 0.545. The third-order valence-corrected chi connectivity index (χ3v) is 5.02. The maximum absolute atomic E-state index is 5.68. The zero-order valence-electron chi connectivity index (χ0n) is 14.7. The first-order chi connectivity index (χ1) is 11.3. The molecule has 0 unspecified atom stereocenters. The first-order valence-corrected chi connectivity index (χ1v) is 9.21. The molecule has 1 nitrogen and oxygen atoms in total. The van der Waals surface area contributed by atoms with Gasteiger partial charge in [-0.2, -0.15) is 0 Å². The van der Waals surface area contributed by atoms with E-state index in [4.69, 9.17) is 4.74 Å². The summed E-state index contributed by atoms with van der Waals surface area (Å²) in [6.07, 6.45) is 15.4. The van der Waals surface area contributed by atoms with Crippen molar-refractivity contribution >= 4 is 0 Å². The summed E-state index contributed by atoms with van der Waals surface area (Å²) >= 11 is 0. The molecule has 1 aliphatic carbocycles. The molecule has 1 aromatic rings. The minimum atomic E-state index is 0.726. The zero-order valence-corrected chi connectivity index (χ0v) is 14.7. The van der Waals surface area contributed by atoms with E-state index in [1.54, 1.807) is 0 Å². The molecule has 0 radical (unpaired) electrons. The molecule has 0 aliphatic heterocycles. The molecule has 2 rings (SSSR count). The number of benzene rings is 1. The van der Waals surface area contributed by atoms with E-state index in [1.165, 1.54) is 49.7 Å². The maximum Gasteiger partial charge on any atom is 0.0717 e. The van der Waals surface area contributed by atoms with Crippen molar-refractivity contribution < 1.29 is 4.74 Å². The molecule has 0 amide bonds. The highest BCUT2D eigenvalue weighted by atomic mass is 16.5. The lowest BCUT2D eigenvalue weighted by molar-refractivity contribution is 0.125. The summed E-state index contributed by atoms with van der Waals surface area (Å²) in [5.74, 6) is 1.69. The minimum absolute atomic E-state index is 0.726. The van der Waals surface area contributed by atoms with Gasteiger partial charge in [-0.05, 0) is 74.8 Å². The molecular formula is C22H32O. The SMILES string of the molecule is C=C[C@H]1CC[C@H](CCc2ccc(COCC/C=C/C)cc2)CC1. The van der Waals surface area contributed by atoms with E-state index in [1.807, 2.05) is 6.92 Å². The quantitative estimate of drug-likeness (QED) is 0.396. The first kappa shape index (κ1) is 18.0. The lowest BCUT2D eigenvalue weighted by Gasteiger charge is -2.26. The summed E-state index contributed by atoms with van der Waals surface area (Å²) in [5, 5.41) is 0. The van der Waals surface area contributed by atoms with Crippen LogP contribution in [0.3, 0.4) is 0 Å². The monoisotopic (exact) mass is 312 g/mol. The highest BCUT2D eigenvalue weighted by Gasteiger charge is 2.18. The molecular weight excluding hydrogens is 280 g/mol. The summed E-state index contributed by atoms with van der Waals surface area (Å²) in [6.45, 7) is 7.51. The van der Waals surface area contributed by atoms with Crippen LogP contribution in [0.2, 0.25) is 0 Å². The van der Waals surface area contributed by atoms with Crippen LogP contribution in [0, 0.1) is 11.8 Å². The summed E-state index contributed by atoms with van der Waals surface area (Å²) in [7, 11) is 0. The van der Waals surface area contributed by atoms with E-state index in [9.17, 15) is 0 Å². The predicted octanol–water partition coefficient (Wildman–Crippen LogP) is 6.09. The van der Waals surface area contributed by atoms with E-state index >= 15 is 0 Å². The van der Waals surface area contributed by atoms with Gasteiger partial charge in [0.15, 0.2) is 0 Å². The number of allylic oxidation sites excluding steroid dienone is 2. The van der Waals surface area contributed by atoms with Gasteiger partial charge in [0.2, 0.25) is 0 Å². The van der Waals surface area contributed by atoms with Gasteiger partial charge in [-0.25, -0.2) is 0 Å². The van der Waals surface area contributed by atoms with E-state index in [0.717, 1.165) is 31.5 Å². The van der Waals surface area contributed by atoms with Crippen LogP contribution in [0.1, 0.15) is 56.6 Å². The first-order valence-electron chi connectivity index (χ1n) is 9.21. The van der Waals surface area contributed by atoms with Crippen molar-refractivity contribution in [3.05, 3.63) is 60.2 Å². The molecule has 0 spiro atoms. The van der Waals surface area contributed by atoms with Gasteiger partial charge in [0.25, 0.3) is 0 Å². The van der Waals surface area contributed by atoms with Gasteiger partial charge < -0.3 is 4.74 Å². The van der Waals surface area contributed by atoms with Crippen molar-refractivity contribution in [2.24, 2.45) is 11.8 Å². The summed E-state index contributed by atoms with van der Waals surface area (Å²) < 4.78 is 5.68. The fourth-order valence-electron chi connectivity index (χ4n) is 3.39. The van der Waals surface area contributed by atoms with Gasteiger partial charge in [0.05, 0.1) is 13.2 Å². The van der Waals surface area contributed by atoms with Gasteiger partial charge in [-0.15, -0.1) is 6.58 Å². The lowest BCUT2D eigenvalue weighted by atomic mass is 9.79. The Balaban J connectivity index is 1.65. The molecule has 0 aromatic heterocycles. The smallest absolute Gasteiger partial charge is 0.0717 e. The van der Waals surface area contributed by atoms with Crippen LogP contribution < -0.4 is 0 Å². The van der Waals surface area contributed by atoms with Crippen molar-refractivity contribution in [1.82, 2.24) is 0 Å². The Morgan fingerprint density at radius 3 is 2.43 bits per heavy atom. The molecule has 126 valence electrons. The molecule has 0 heterocycles. The van der Waals surface area contributed by atoms with Gasteiger partial charge in [-0.3, -0.25) is 0 Å². The van der Waals surface area contributed by atoms with Crippen LogP contribution in [0.5, 0.6) is 0 Å². The average molecular weight is 312 g/mol. The van der Waals surface area contributed by atoms with Crippen molar-refractivity contribution in [1.29, 1.82) is 0 Å². The molecule has 1 aliphatic rings. The topological polar surface area (TPSA) is 9.23 Å². The van der Waals surface area contributed by atoms with E-state index in [2.05, 4.69) is 49.1 Å². The Morgan fingerprint density at radius 2 is 1.78 bits per heavy atom. The summed E-state index contributed by atoms with van der Waals surface area (Å²) in [4.78, 5) is 0. The predicted molar refractivity (Wildman–Crippen MR) is 99.5 cm³/mol. The lowest BCUT2D eigenvalue weighted by Crippen LogP contribution is -2.13. The number of hydrogen-bond donors (Lipinski definition) is 0. The maximum atomic E-state index is 5.68. The Morgan fingerprint density at radius 1 is 1.09 bits per heavy atom. The second-order valence-corrected chi connectivity index (χ2v) is 6.78. The molecule has 0 bridgehead atoms. The largest absolute Gasteiger partial charge is 0.376 e. The number of hydrogen-bond acceptors (Lipinski definition) is 1. The van der Waals surface area contributed by atoms with Gasteiger partial charge in [0.1, 0.15) is 0 Å². The van der Waals surface area contributed by atoms with Gasteiger partial charge >= 0.3 is 0 Å². The van der Waals surface area contributed by atoms with Crippen LogP contribution in [0.4, 0.5) is 0 Å². The fourth-order valence-corrected chi connectivity index (χ4v) is 3.39. The molecule has 1 fully saturated rings. The number of ether oxygens (including phenoxy) is 1. The molecule has 1 saturated carbocycles. The second kappa shape index (κ2) is 10.4. The van der Waals surface area contributed by atoms with Crippen LogP contribution in [0.25, 0.3) is 0 Å². The zero-order chi connectivity index (χ0) is 16.3. The van der Waals surface area contributed by atoms with Crippen LogP contribution in [-0.2, 0) is 17.8 Å². The third-order valence-electron chi connectivity index (χ3n) is 5.02. The van der Waals surface area contributed by atoms with E-state index in [0.29, 0.717) is 0 Å². The van der Waals surface area contributed by atoms with Crippen LogP contribution in [0.15, 0.2) is 49.1 Å². The van der Waals surface area contributed by atoms with Gasteiger partial charge in [0, 0.05) is 0 Å². The van der Waals surface area contributed by atoms with Crippen molar-refractivity contribution in [2.75, 3.05) is 6.61 Å². The van der Waals surface area contributed by atoms with Crippen LogP contribution in [-0.4, -0.2) is 6.61 Å². The van der Waals surface area contributed by atoms with E-state index in [-0.39, 0.29) is 0 Å². The van der Waals surface area contributed by atoms with E-state index < -0.39 is 0 Å². The van der Waals surface area contributed by atoms with Crippen LogP contribution >= 0.6 is 0 Å². The Hall–Kier alpha value is -1.34. The molecule has 0 atom stereocenters. The third kappa shape index (κ3) is 6.74. The highest BCUT2D eigenvalue weighted by molar-refractivity contribution is 5.22. The second-order valence-electron chi connectivity index (χ2n) is 6.78. The molecule has 0 saturated heterocycles. The Bertz CT molecular complexity index is 463. The summed E-state index contributed by atoms with van der Waals surface area (Å²) in [6, 6.07) is 9.00. The highest BCUT2D eigenvalue weighted by Crippen LogP contribution is 2.32. The molecule has 0 N–H and O–H groups in total. The van der Waals surface area contributed by atoms with Crippen molar-refractivity contribution in [2.45, 2.75) is 58.5 Å². The molecule has 23 heavy (non-hydrogen) atoms. The molecule has 1 heteroatoms. The Labute approximate surface area is 142 Å². The molecule has 1 aromatic carbocycles. The number of rotatable bonds is 9.